The Hall–Kier alpha value is -3.07. The number of benzene rings is 2. The minimum absolute atomic E-state index is 0.924. The Morgan fingerprint density at radius 3 is 2.35 bits per heavy atom. The quantitative estimate of drug-likeness (QED) is 0.504. The van der Waals surface area contributed by atoms with Crippen molar-refractivity contribution in [2.75, 3.05) is 0 Å². The number of aryl methyl sites for hydroxylation is 3. The van der Waals surface area contributed by atoms with Gasteiger partial charge in [-0.25, -0.2) is 4.98 Å². The van der Waals surface area contributed by atoms with Crippen LogP contribution in [-0.4, -0.2) is 14.5 Å². The number of rotatable bonds is 3. The van der Waals surface area contributed by atoms with Crippen molar-refractivity contribution in [3.8, 4) is 28.3 Å². The van der Waals surface area contributed by atoms with Gasteiger partial charge >= 0.3 is 0 Å². The number of imidazole rings is 1. The number of nitrogens with one attached hydrogen (secondary N) is 1. The predicted molar refractivity (Wildman–Crippen MR) is 108 cm³/mol. The molecule has 2 heterocycles. The lowest BCUT2D eigenvalue weighted by atomic mass is 10.1. The van der Waals surface area contributed by atoms with E-state index in [0.29, 0.717) is 0 Å². The van der Waals surface area contributed by atoms with Crippen LogP contribution in [0.15, 0.2) is 60.7 Å². The second-order valence-corrected chi connectivity index (χ2v) is 6.88. The molecule has 2 aromatic heterocycles. The summed E-state index contributed by atoms with van der Waals surface area (Å²) in [5.74, 6) is 0.924. The number of nitrogens with zero attached hydrogens (tertiary/aromatic N) is 2. The average Bonchev–Trinajstić information content (AvgIpc) is 3.15. The molecule has 0 saturated carbocycles. The zero-order chi connectivity index (χ0) is 18.3. The van der Waals surface area contributed by atoms with Gasteiger partial charge in [-0.1, -0.05) is 42.5 Å². The second-order valence-electron chi connectivity index (χ2n) is 6.88. The van der Waals surface area contributed by atoms with E-state index in [1.54, 1.807) is 0 Å². The van der Waals surface area contributed by atoms with Crippen molar-refractivity contribution in [3.05, 3.63) is 83.3 Å². The molecule has 4 rings (SSSR count). The highest BCUT2D eigenvalue weighted by Crippen LogP contribution is 2.31. The smallest absolute Gasteiger partial charge is 0.140 e. The molecule has 0 atom stereocenters. The van der Waals surface area contributed by atoms with Crippen LogP contribution in [0, 0.1) is 27.7 Å². The lowest BCUT2D eigenvalue weighted by molar-refractivity contribution is 0.963. The number of hydrogen-bond donors (Lipinski definition) is 1. The Kier molecular flexibility index (Phi) is 4.00. The van der Waals surface area contributed by atoms with Crippen LogP contribution in [0.25, 0.3) is 28.3 Å². The van der Waals surface area contributed by atoms with Gasteiger partial charge in [-0.2, -0.15) is 0 Å². The molecule has 0 amide bonds. The molecule has 0 aliphatic carbocycles. The van der Waals surface area contributed by atoms with Crippen LogP contribution < -0.4 is 0 Å². The summed E-state index contributed by atoms with van der Waals surface area (Å²) in [6.07, 6.45) is 0. The molecule has 0 aliphatic rings. The summed E-state index contributed by atoms with van der Waals surface area (Å²) in [6.45, 7) is 8.51. The Balaban J connectivity index is 1.82. The molecule has 2 aromatic carbocycles. The summed E-state index contributed by atoms with van der Waals surface area (Å²) in [5, 5.41) is 0. The predicted octanol–water partition coefficient (Wildman–Crippen LogP) is 5.77. The second kappa shape index (κ2) is 6.34. The van der Waals surface area contributed by atoms with Crippen molar-refractivity contribution in [3.63, 3.8) is 0 Å². The Labute approximate surface area is 154 Å². The van der Waals surface area contributed by atoms with Crippen molar-refractivity contribution < 1.29 is 0 Å². The fraction of sp³-hybridized carbons (Fsp3) is 0.174. The zero-order valence-electron chi connectivity index (χ0n) is 15.7. The summed E-state index contributed by atoms with van der Waals surface area (Å²) < 4.78 is 2.29. The van der Waals surface area contributed by atoms with E-state index in [-0.39, 0.29) is 0 Å². The maximum atomic E-state index is 4.91. The molecule has 3 nitrogen and oxygen atoms in total. The highest BCUT2D eigenvalue weighted by Gasteiger charge is 2.17. The Morgan fingerprint density at radius 1 is 0.846 bits per heavy atom. The lowest BCUT2D eigenvalue weighted by Gasteiger charge is -2.10. The largest absolute Gasteiger partial charge is 0.341 e. The van der Waals surface area contributed by atoms with E-state index in [1.807, 2.05) is 18.2 Å². The standard InChI is InChI=1S/C23H23N3/c1-15-9-8-12-20(13-15)26-16(2)14-21(18(26)4)23-24-17(3)22(25-23)19-10-6-5-7-11-19/h5-14H,1-4H3,(H,24,25). The van der Waals surface area contributed by atoms with Gasteiger partial charge in [0.1, 0.15) is 5.82 Å². The van der Waals surface area contributed by atoms with Gasteiger partial charge in [-0.05, 0) is 51.5 Å². The summed E-state index contributed by atoms with van der Waals surface area (Å²) in [7, 11) is 0. The van der Waals surface area contributed by atoms with Crippen LogP contribution >= 0.6 is 0 Å². The van der Waals surface area contributed by atoms with Gasteiger partial charge in [0.2, 0.25) is 0 Å². The van der Waals surface area contributed by atoms with Crippen molar-refractivity contribution in [1.29, 1.82) is 0 Å². The molecule has 3 heteroatoms. The van der Waals surface area contributed by atoms with Crippen molar-refractivity contribution in [1.82, 2.24) is 14.5 Å². The first-order valence-electron chi connectivity index (χ1n) is 8.93. The molecule has 0 radical (unpaired) electrons. The van der Waals surface area contributed by atoms with Crippen LogP contribution in [0.3, 0.4) is 0 Å². The number of aromatic amines is 1. The van der Waals surface area contributed by atoms with E-state index in [4.69, 9.17) is 4.98 Å². The van der Waals surface area contributed by atoms with E-state index in [9.17, 15) is 0 Å². The molecular formula is C23H23N3. The number of H-pyrrole nitrogens is 1. The molecular weight excluding hydrogens is 318 g/mol. The van der Waals surface area contributed by atoms with Crippen LogP contribution in [0.1, 0.15) is 22.6 Å². The molecule has 0 bridgehead atoms. The fourth-order valence-electron chi connectivity index (χ4n) is 3.63. The molecule has 0 spiro atoms. The molecule has 1 N–H and O–H groups in total. The maximum absolute atomic E-state index is 4.91. The van der Waals surface area contributed by atoms with Crippen LogP contribution in [0.2, 0.25) is 0 Å². The molecule has 0 saturated heterocycles. The molecule has 26 heavy (non-hydrogen) atoms. The van der Waals surface area contributed by atoms with Gasteiger partial charge < -0.3 is 9.55 Å². The minimum atomic E-state index is 0.924. The monoisotopic (exact) mass is 341 g/mol. The number of hydrogen-bond acceptors (Lipinski definition) is 1. The normalized spacial score (nSPS) is 11.1. The first kappa shape index (κ1) is 16.4. The summed E-state index contributed by atoms with van der Waals surface area (Å²) in [6, 6.07) is 21.1. The van der Waals surface area contributed by atoms with Gasteiger partial charge in [0.15, 0.2) is 0 Å². The van der Waals surface area contributed by atoms with Crippen molar-refractivity contribution in [2.24, 2.45) is 0 Å². The minimum Gasteiger partial charge on any atom is -0.341 e. The van der Waals surface area contributed by atoms with Crippen molar-refractivity contribution in [2.45, 2.75) is 27.7 Å². The zero-order valence-corrected chi connectivity index (χ0v) is 15.7. The topological polar surface area (TPSA) is 33.6 Å². The SMILES string of the molecule is Cc1cccc(-n2c(C)cc(-c3nc(-c4ccccc4)c(C)[nH]3)c2C)c1. The first-order chi connectivity index (χ1) is 12.5. The van der Waals surface area contributed by atoms with Gasteiger partial charge in [-0.15, -0.1) is 0 Å². The highest BCUT2D eigenvalue weighted by atomic mass is 15.0. The van der Waals surface area contributed by atoms with E-state index in [2.05, 4.69) is 79.7 Å². The van der Waals surface area contributed by atoms with E-state index in [1.165, 1.54) is 22.6 Å². The van der Waals surface area contributed by atoms with Gasteiger partial charge in [0, 0.05) is 33.9 Å². The van der Waals surface area contributed by atoms with Crippen molar-refractivity contribution >= 4 is 0 Å². The molecule has 0 unspecified atom stereocenters. The van der Waals surface area contributed by atoms with E-state index < -0.39 is 0 Å². The van der Waals surface area contributed by atoms with E-state index >= 15 is 0 Å². The van der Waals surface area contributed by atoms with Crippen LogP contribution in [-0.2, 0) is 0 Å². The molecule has 130 valence electrons. The Bertz CT molecular complexity index is 1070. The third-order valence-corrected chi connectivity index (χ3v) is 4.88. The summed E-state index contributed by atoms with van der Waals surface area (Å²) in [5.41, 5.74) is 9.25. The fourth-order valence-corrected chi connectivity index (χ4v) is 3.63. The third-order valence-electron chi connectivity index (χ3n) is 4.88. The number of aromatic nitrogens is 3. The molecule has 0 fully saturated rings. The lowest BCUT2D eigenvalue weighted by Crippen LogP contribution is -1.99. The Morgan fingerprint density at radius 2 is 1.62 bits per heavy atom. The summed E-state index contributed by atoms with van der Waals surface area (Å²) >= 11 is 0. The first-order valence-corrected chi connectivity index (χ1v) is 8.93. The van der Waals surface area contributed by atoms with Crippen LogP contribution in [0.4, 0.5) is 0 Å². The van der Waals surface area contributed by atoms with Gasteiger partial charge in [0.25, 0.3) is 0 Å². The summed E-state index contributed by atoms with van der Waals surface area (Å²) in [4.78, 5) is 8.39. The molecule has 4 aromatic rings. The van der Waals surface area contributed by atoms with E-state index in [0.717, 1.165) is 28.3 Å². The maximum Gasteiger partial charge on any atom is 0.140 e. The highest BCUT2D eigenvalue weighted by molar-refractivity contribution is 5.69. The molecule has 0 aliphatic heterocycles. The third kappa shape index (κ3) is 2.76. The van der Waals surface area contributed by atoms with Gasteiger partial charge in [-0.3, -0.25) is 0 Å². The average molecular weight is 341 g/mol. The van der Waals surface area contributed by atoms with Gasteiger partial charge in [0.05, 0.1) is 5.69 Å². The van der Waals surface area contributed by atoms with Crippen LogP contribution in [0.5, 0.6) is 0 Å².